The molecule has 3 N–H and O–H groups in total. The van der Waals surface area contributed by atoms with Crippen molar-refractivity contribution in [1.29, 1.82) is 0 Å². The summed E-state index contributed by atoms with van der Waals surface area (Å²) >= 11 is 0. The van der Waals surface area contributed by atoms with E-state index in [-0.39, 0.29) is 0 Å². The van der Waals surface area contributed by atoms with E-state index in [4.69, 9.17) is 5.73 Å². The summed E-state index contributed by atoms with van der Waals surface area (Å²) in [6.45, 7) is 1.79. The molecule has 0 atom stereocenters. The third kappa shape index (κ3) is 1.57. The number of fused-ring (bicyclic) bond motifs is 2. The zero-order chi connectivity index (χ0) is 12.8. The molecule has 2 aromatic carbocycles. The Labute approximate surface area is 110 Å². The van der Waals surface area contributed by atoms with Gasteiger partial charge in [0.2, 0.25) is 0 Å². The van der Waals surface area contributed by atoms with E-state index >= 15 is 0 Å². The minimum absolute atomic E-state index is 0.877. The molecule has 0 unspecified atom stereocenters. The number of hydrogen-bond acceptors (Lipinski definition) is 3. The first-order valence-corrected chi connectivity index (χ1v) is 6.35. The highest BCUT2D eigenvalue weighted by Crippen LogP contribution is 2.32. The Morgan fingerprint density at radius 3 is 3.00 bits per heavy atom. The Morgan fingerprint density at radius 2 is 2.11 bits per heavy atom. The second-order valence-electron chi connectivity index (χ2n) is 4.98. The van der Waals surface area contributed by atoms with E-state index in [1.807, 2.05) is 18.3 Å². The molecule has 2 heterocycles. The molecule has 1 aliphatic heterocycles. The Bertz CT molecular complexity index is 760. The van der Waals surface area contributed by atoms with Crippen LogP contribution in [0.4, 0.5) is 11.4 Å². The topological polar surface area (TPSA) is 57.9 Å². The van der Waals surface area contributed by atoms with Crippen LogP contribution in [0, 0.1) is 0 Å². The first-order valence-electron chi connectivity index (χ1n) is 6.35. The first-order chi connectivity index (χ1) is 9.31. The molecular weight excluding hydrogens is 236 g/mol. The Kier molecular flexibility index (Phi) is 2.06. The van der Waals surface area contributed by atoms with Gasteiger partial charge >= 0.3 is 0 Å². The van der Waals surface area contributed by atoms with Gasteiger partial charge in [-0.25, -0.2) is 0 Å². The molecule has 4 rings (SSSR count). The van der Waals surface area contributed by atoms with Crippen molar-refractivity contribution in [2.45, 2.75) is 13.1 Å². The van der Waals surface area contributed by atoms with Crippen LogP contribution in [-0.4, -0.2) is 10.2 Å². The zero-order valence-corrected chi connectivity index (χ0v) is 10.4. The number of nitrogens with two attached hydrogens (primary N) is 1. The Balaban J connectivity index is 1.73. The molecule has 1 aliphatic rings. The minimum atomic E-state index is 0.877. The maximum atomic E-state index is 6.04. The van der Waals surface area contributed by atoms with Gasteiger partial charge in [-0.1, -0.05) is 12.1 Å². The van der Waals surface area contributed by atoms with Gasteiger partial charge in [-0.2, -0.15) is 5.10 Å². The van der Waals surface area contributed by atoms with Crippen LogP contribution in [-0.2, 0) is 13.1 Å². The van der Waals surface area contributed by atoms with E-state index in [9.17, 15) is 0 Å². The fraction of sp³-hybridized carbons (Fsp3) is 0.133. The molecular formula is C15H14N4. The summed E-state index contributed by atoms with van der Waals surface area (Å²) < 4.78 is 0. The lowest BCUT2D eigenvalue weighted by molar-refractivity contribution is 0.882. The van der Waals surface area contributed by atoms with E-state index in [0.717, 1.165) is 29.7 Å². The number of nitrogen functional groups attached to an aromatic ring is 1. The SMILES string of the molecule is Nc1cccc2c1CN(c1ccc3cn[nH]c3c1)C2. The van der Waals surface area contributed by atoms with E-state index in [0.29, 0.717) is 0 Å². The van der Waals surface area contributed by atoms with Gasteiger partial charge in [-0.05, 0) is 35.4 Å². The normalized spacial score (nSPS) is 14.0. The Morgan fingerprint density at radius 1 is 1.16 bits per heavy atom. The highest BCUT2D eigenvalue weighted by molar-refractivity contribution is 5.82. The summed E-state index contributed by atoms with van der Waals surface area (Å²) in [5.41, 5.74) is 11.8. The monoisotopic (exact) mass is 250 g/mol. The third-order valence-corrected chi connectivity index (χ3v) is 3.81. The average molecular weight is 250 g/mol. The first kappa shape index (κ1) is 10.4. The van der Waals surface area contributed by atoms with Crippen molar-refractivity contribution in [2.24, 2.45) is 0 Å². The highest BCUT2D eigenvalue weighted by atomic mass is 15.2. The van der Waals surface area contributed by atoms with E-state index in [2.05, 4.69) is 39.4 Å². The minimum Gasteiger partial charge on any atom is -0.398 e. The molecule has 0 radical (unpaired) electrons. The van der Waals surface area contributed by atoms with Crippen molar-refractivity contribution < 1.29 is 0 Å². The number of nitrogens with one attached hydrogen (secondary N) is 1. The van der Waals surface area contributed by atoms with Gasteiger partial charge in [0, 0.05) is 29.9 Å². The van der Waals surface area contributed by atoms with Crippen molar-refractivity contribution in [1.82, 2.24) is 10.2 Å². The van der Waals surface area contributed by atoms with Crippen LogP contribution >= 0.6 is 0 Å². The summed E-state index contributed by atoms with van der Waals surface area (Å²) in [6.07, 6.45) is 1.84. The van der Waals surface area contributed by atoms with Gasteiger partial charge in [0.15, 0.2) is 0 Å². The third-order valence-electron chi connectivity index (χ3n) is 3.81. The molecule has 94 valence electrons. The fourth-order valence-corrected chi connectivity index (χ4v) is 2.75. The van der Waals surface area contributed by atoms with Gasteiger partial charge in [0.1, 0.15) is 0 Å². The van der Waals surface area contributed by atoms with Crippen LogP contribution in [0.2, 0.25) is 0 Å². The molecule has 0 bridgehead atoms. The quantitative estimate of drug-likeness (QED) is 0.653. The van der Waals surface area contributed by atoms with Gasteiger partial charge in [-0.3, -0.25) is 5.10 Å². The molecule has 0 saturated heterocycles. The van der Waals surface area contributed by atoms with Crippen LogP contribution in [0.1, 0.15) is 11.1 Å². The van der Waals surface area contributed by atoms with Crippen molar-refractivity contribution >= 4 is 22.3 Å². The van der Waals surface area contributed by atoms with Crippen LogP contribution < -0.4 is 10.6 Å². The fourth-order valence-electron chi connectivity index (χ4n) is 2.75. The molecule has 0 saturated carbocycles. The molecule has 4 nitrogen and oxygen atoms in total. The molecule has 4 heteroatoms. The molecule has 19 heavy (non-hydrogen) atoms. The summed E-state index contributed by atoms with van der Waals surface area (Å²) in [5.74, 6) is 0. The average Bonchev–Trinajstić information content (AvgIpc) is 3.04. The second kappa shape index (κ2) is 3.75. The van der Waals surface area contributed by atoms with Crippen LogP contribution in [0.3, 0.4) is 0 Å². The number of nitrogens with zero attached hydrogens (tertiary/aromatic N) is 2. The molecule has 0 spiro atoms. The number of anilines is 2. The van der Waals surface area contributed by atoms with Gasteiger partial charge in [0.05, 0.1) is 11.7 Å². The molecule has 1 aromatic heterocycles. The second-order valence-corrected chi connectivity index (χ2v) is 4.98. The van der Waals surface area contributed by atoms with Crippen molar-refractivity contribution in [3.8, 4) is 0 Å². The number of hydrogen-bond donors (Lipinski definition) is 2. The summed E-state index contributed by atoms with van der Waals surface area (Å²) in [5, 5.41) is 8.21. The van der Waals surface area contributed by atoms with E-state index in [1.165, 1.54) is 16.8 Å². The maximum absolute atomic E-state index is 6.04. The van der Waals surface area contributed by atoms with Gasteiger partial charge in [-0.15, -0.1) is 0 Å². The summed E-state index contributed by atoms with van der Waals surface area (Å²) in [4.78, 5) is 2.33. The van der Waals surface area contributed by atoms with Crippen LogP contribution in [0.25, 0.3) is 10.9 Å². The predicted octanol–water partition coefficient (Wildman–Crippen LogP) is 2.67. The molecule has 0 amide bonds. The van der Waals surface area contributed by atoms with Crippen molar-refractivity contribution in [3.63, 3.8) is 0 Å². The van der Waals surface area contributed by atoms with Crippen molar-refractivity contribution in [2.75, 3.05) is 10.6 Å². The zero-order valence-electron chi connectivity index (χ0n) is 10.4. The van der Waals surface area contributed by atoms with Crippen LogP contribution in [0.5, 0.6) is 0 Å². The lowest BCUT2D eigenvalue weighted by Gasteiger charge is -2.17. The Hall–Kier alpha value is -2.49. The van der Waals surface area contributed by atoms with Gasteiger partial charge in [0.25, 0.3) is 0 Å². The molecule has 0 fully saturated rings. The number of benzene rings is 2. The summed E-state index contributed by atoms with van der Waals surface area (Å²) in [6, 6.07) is 12.5. The standard InChI is InChI=1S/C15H14N4/c16-14-3-1-2-11-8-19(9-13(11)14)12-5-4-10-7-17-18-15(10)6-12/h1-7H,8-9,16H2,(H,17,18). The lowest BCUT2D eigenvalue weighted by atomic mass is 10.1. The smallest absolute Gasteiger partial charge is 0.0670 e. The van der Waals surface area contributed by atoms with Gasteiger partial charge < -0.3 is 10.6 Å². The predicted molar refractivity (Wildman–Crippen MR) is 76.8 cm³/mol. The van der Waals surface area contributed by atoms with Crippen molar-refractivity contribution in [3.05, 3.63) is 53.7 Å². The highest BCUT2D eigenvalue weighted by Gasteiger charge is 2.21. The lowest BCUT2D eigenvalue weighted by Crippen LogP contribution is -2.14. The van der Waals surface area contributed by atoms with E-state index in [1.54, 1.807) is 0 Å². The van der Waals surface area contributed by atoms with E-state index < -0.39 is 0 Å². The number of aromatic amines is 1. The number of aromatic nitrogens is 2. The van der Waals surface area contributed by atoms with Crippen LogP contribution in [0.15, 0.2) is 42.6 Å². The number of rotatable bonds is 1. The summed E-state index contributed by atoms with van der Waals surface area (Å²) in [7, 11) is 0. The number of H-pyrrole nitrogens is 1. The maximum Gasteiger partial charge on any atom is 0.0670 e. The molecule has 3 aromatic rings. The molecule has 0 aliphatic carbocycles. The largest absolute Gasteiger partial charge is 0.398 e.